The standard InChI is InChI=1S/C13H18O2/c1-3-15-13-7-5-4-6-10(13)12-8-11(12)9(2)14/h4-7,9,11-12,14H,3,8H2,1-2H3/t9-,11+,12+/m1/s1. The van der Waals surface area contributed by atoms with Crippen LogP contribution >= 0.6 is 0 Å². The fourth-order valence-electron chi connectivity index (χ4n) is 2.18. The lowest BCUT2D eigenvalue weighted by Gasteiger charge is -2.10. The van der Waals surface area contributed by atoms with E-state index in [0.29, 0.717) is 18.4 Å². The maximum atomic E-state index is 9.50. The largest absolute Gasteiger partial charge is 0.494 e. The van der Waals surface area contributed by atoms with Crippen molar-refractivity contribution < 1.29 is 9.84 Å². The Kier molecular flexibility index (Phi) is 2.96. The summed E-state index contributed by atoms with van der Waals surface area (Å²) in [5.41, 5.74) is 1.25. The van der Waals surface area contributed by atoms with E-state index in [1.54, 1.807) is 0 Å². The summed E-state index contributed by atoms with van der Waals surface area (Å²) in [6.07, 6.45) is 0.881. The van der Waals surface area contributed by atoms with Crippen LogP contribution in [0.5, 0.6) is 5.75 Å². The summed E-state index contributed by atoms with van der Waals surface area (Å²) < 4.78 is 5.58. The van der Waals surface area contributed by atoms with Crippen molar-refractivity contribution in [1.29, 1.82) is 0 Å². The van der Waals surface area contributed by atoms with Crippen molar-refractivity contribution in [1.82, 2.24) is 0 Å². The monoisotopic (exact) mass is 206 g/mol. The molecule has 2 rings (SSSR count). The highest BCUT2D eigenvalue weighted by atomic mass is 16.5. The molecule has 1 fully saturated rings. The summed E-state index contributed by atoms with van der Waals surface area (Å²) >= 11 is 0. The predicted molar refractivity (Wildman–Crippen MR) is 60.1 cm³/mol. The van der Waals surface area contributed by atoms with Crippen LogP contribution in [0, 0.1) is 5.92 Å². The molecule has 1 aromatic rings. The van der Waals surface area contributed by atoms with Gasteiger partial charge in [-0.15, -0.1) is 0 Å². The van der Waals surface area contributed by atoms with Gasteiger partial charge in [-0.05, 0) is 43.7 Å². The van der Waals surface area contributed by atoms with Crippen LogP contribution in [-0.2, 0) is 0 Å². The summed E-state index contributed by atoms with van der Waals surface area (Å²) in [4.78, 5) is 0. The lowest BCUT2D eigenvalue weighted by atomic mass is 10.1. The van der Waals surface area contributed by atoms with Gasteiger partial charge in [-0.2, -0.15) is 0 Å². The van der Waals surface area contributed by atoms with Gasteiger partial charge in [0.05, 0.1) is 12.7 Å². The molecule has 0 bridgehead atoms. The van der Waals surface area contributed by atoms with Crippen molar-refractivity contribution in [2.45, 2.75) is 32.3 Å². The first-order valence-electron chi connectivity index (χ1n) is 5.63. The Morgan fingerprint density at radius 2 is 2.20 bits per heavy atom. The van der Waals surface area contributed by atoms with E-state index in [2.05, 4.69) is 6.07 Å². The highest BCUT2D eigenvalue weighted by Gasteiger charge is 2.42. The fraction of sp³-hybridized carbons (Fsp3) is 0.538. The molecular weight excluding hydrogens is 188 g/mol. The minimum atomic E-state index is -0.204. The van der Waals surface area contributed by atoms with Crippen molar-refractivity contribution in [3.05, 3.63) is 29.8 Å². The molecule has 0 spiro atoms. The van der Waals surface area contributed by atoms with E-state index in [1.165, 1.54) is 5.56 Å². The number of hydrogen-bond donors (Lipinski definition) is 1. The molecule has 2 nitrogen and oxygen atoms in total. The molecule has 0 heterocycles. The third-order valence-corrected chi connectivity index (χ3v) is 3.08. The van der Waals surface area contributed by atoms with Gasteiger partial charge in [-0.3, -0.25) is 0 Å². The van der Waals surface area contributed by atoms with Crippen molar-refractivity contribution in [3.8, 4) is 5.75 Å². The summed E-state index contributed by atoms with van der Waals surface area (Å²) in [5, 5.41) is 9.50. The van der Waals surface area contributed by atoms with E-state index in [1.807, 2.05) is 32.0 Å². The predicted octanol–water partition coefficient (Wildman–Crippen LogP) is 2.57. The highest BCUT2D eigenvalue weighted by Crippen LogP contribution is 2.51. The van der Waals surface area contributed by atoms with Gasteiger partial charge >= 0.3 is 0 Å². The number of para-hydroxylation sites is 1. The minimum absolute atomic E-state index is 0.204. The Labute approximate surface area is 90.9 Å². The molecule has 2 heteroatoms. The molecule has 1 aliphatic rings. The van der Waals surface area contributed by atoms with Gasteiger partial charge in [0, 0.05) is 0 Å². The van der Waals surface area contributed by atoms with Crippen LogP contribution in [0.3, 0.4) is 0 Å². The van der Waals surface area contributed by atoms with E-state index in [4.69, 9.17) is 4.74 Å². The summed E-state index contributed by atoms with van der Waals surface area (Å²) in [5.74, 6) is 1.90. The van der Waals surface area contributed by atoms with Crippen LogP contribution in [0.4, 0.5) is 0 Å². The number of benzene rings is 1. The SMILES string of the molecule is CCOc1ccccc1[C@@H]1C[C@H]1[C@@H](C)O. The van der Waals surface area contributed by atoms with Gasteiger partial charge < -0.3 is 9.84 Å². The van der Waals surface area contributed by atoms with E-state index >= 15 is 0 Å². The second-order valence-electron chi connectivity index (χ2n) is 4.22. The number of aliphatic hydroxyl groups is 1. The third kappa shape index (κ3) is 2.15. The maximum Gasteiger partial charge on any atom is 0.122 e. The molecule has 15 heavy (non-hydrogen) atoms. The van der Waals surface area contributed by atoms with Gasteiger partial charge in [0.2, 0.25) is 0 Å². The van der Waals surface area contributed by atoms with Gasteiger partial charge in [-0.25, -0.2) is 0 Å². The first kappa shape index (κ1) is 10.5. The molecule has 0 unspecified atom stereocenters. The molecule has 1 N–H and O–H groups in total. The fourth-order valence-corrected chi connectivity index (χ4v) is 2.18. The van der Waals surface area contributed by atoms with Crippen LogP contribution in [0.15, 0.2) is 24.3 Å². The van der Waals surface area contributed by atoms with Crippen molar-refractivity contribution >= 4 is 0 Å². The summed E-state index contributed by atoms with van der Waals surface area (Å²) in [6.45, 7) is 4.56. The maximum absolute atomic E-state index is 9.50. The van der Waals surface area contributed by atoms with E-state index in [9.17, 15) is 5.11 Å². The van der Waals surface area contributed by atoms with Gasteiger partial charge in [-0.1, -0.05) is 18.2 Å². The molecule has 0 amide bonds. The molecule has 0 saturated heterocycles. The third-order valence-electron chi connectivity index (χ3n) is 3.08. The van der Waals surface area contributed by atoms with Crippen molar-refractivity contribution in [2.75, 3.05) is 6.61 Å². The average molecular weight is 206 g/mol. The average Bonchev–Trinajstić information content (AvgIpc) is 2.99. The number of rotatable bonds is 4. The zero-order valence-corrected chi connectivity index (χ0v) is 9.31. The first-order valence-corrected chi connectivity index (χ1v) is 5.63. The van der Waals surface area contributed by atoms with E-state index in [0.717, 1.165) is 12.2 Å². The zero-order chi connectivity index (χ0) is 10.8. The molecule has 1 saturated carbocycles. The molecule has 1 aromatic carbocycles. The van der Waals surface area contributed by atoms with Crippen molar-refractivity contribution in [2.24, 2.45) is 5.92 Å². The molecule has 3 atom stereocenters. The molecule has 0 aliphatic heterocycles. The van der Waals surface area contributed by atoms with Crippen molar-refractivity contribution in [3.63, 3.8) is 0 Å². The van der Waals surface area contributed by atoms with E-state index < -0.39 is 0 Å². The number of aliphatic hydroxyl groups excluding tert-OH is 1. The zero-order valence-electron chi connectivity index (χ0n) is 9.31. The Morgan fingerprint density at radius 1 is 1.47 bits per heavy atom. The van der Waals surface area contributed by atoms with Crippen LogP contribution in [0.1, 0.15) is 31.7 Å². The molecule has 0 radical (unpaired) electrons. The number of hydrogen-bond acceptors (Lipinski definition) is 2. The summed E-state index contributed by atoms with van der Waals surface area (Å²) in [6, 6.07) is 8.15. The van der Waals surface area contributed by atoms with Crippen LogP contribution in [-0.4, -0.2) is 17.8 Å². The number of ether oxygens (including phenoxy) is 1. The first-order chi connectivity index (χ1) is 7.24. The van der Waals surface area contributed by atoms with Gasteiger partial charge in [0.1, 0.15) is 5.75 Å². The normalized spacial score (nSPS) is 26.1. The Hall–Kier alpha value is -1.02. The quantitative estimate of drug-likeness (QED) is 0.820. The highest BCUT2D eigenvalue weighted by molar-refractivity contribution is 5.39. The van der Waals surface area contributed by atoms with Gasteiger partial charge in [0.25, 0.3) is 0 Å². The molecule has 1 aliphatic carbocycles. The Balaban J connectivity index is 2.15. The topological polar surface area (TPSA) is 29.5 Å². The Bertz CT molecular complexity index is 333. The molecule has 82 valence electrons. The van der Waals surface area contributed by atoms with Crippen LogP contribution in [0.25, 0.3) is 0 Å². The smallest absolute Gasteiger partial charge is 0.122 e. The molecular formula is C13H18O2. The van der Waals surface area contributed by atoms with E-state index in [-0.39, 0.29) is 6.10 Å². The second-order valence-corrected chi connectivity index (χ2v) is 4.22. The minimum Gasteiger partial charge on any atom is -0.494 e. The van der Waals surface area contributed by atoms with Gasteiger partial charge in [0.15, 0.2) is 0 Å². The molecule has 0 aromatic heterocycles. The van der Waals surface area contributed by atoms with Crippen LogP contribution < -0.4 is 4.74 Å². The summed E-state index contributed by atoms with van der Waals surface area (Å²) in [7, 11) is 0. The lowest BCUT2D eigenvalue weighted by molar-refractivity contribution is 0.168. The lowest BCUT2D eigenvalue weighted by Crippen LogP contribution is -2.04. The second kappa shape index (κ2) is 4.23. The Morgan fingerprint density at radius 3 is 2.80 bits per heavy atom. The van der Waals surface area contributed by atoms with Crippen LogP contribution in [0.2, 0.25) is 0 Å².